The maximum atomic E-state index is 12.4. The number of esters is 1. The fraction of sp³-hybridized carbons (Fsp3) is 0.368. The van der Waals surface area contributed by atoms with Crippen molar-refractivity contribution < 1.29 is 23.5 Å². The lowest BCUT2D eigenvalue weighted by molar-refractivity contribution is -0.122. The van der Waals surface area contributed by atoms with Gasteiger partial charge in [-0.2, -0.15) is 5.26 Å². The van der Waals surface area contributed by atoms with Crippen molar-refractivity contribution >= 4 is 28.4 Å². The lowest BCUT2D eigenvalue weighted by atomic mass is 10.0. The van der Waals surface area contributed by atoms with Crippen LogP contribution >= 0.6 is 0 Å². The van der Waals surface area contributed by atoms with E-state index in [2.05, 4.69) is 0 Å². The van der Waals surface area contributed by atoms with Gasteiger partial charge >= 0.3 is 5.97 Å². The van der Waals surface area contributed by atoms with Gasteiger partial charge in [-0.15, -0.1) is 0 Å². The number of benzene rings is 1. The Hall–Kier alpha value is -2.98. The van der Waals surface area contributed by atoms with E-state index in [1.165, 1.54) is 6.92 Å². The van der Waals surface area contributed by atoms with Gasteiger partial charge in [0.2, 0.25) is 5.76 Å². The number of Topliss-reactive ketones (excluding diaryl/α,β-unsaturated/α-hetero) is 1. The number of nitrogens with zero attached hydrogens (tertiary/aromatic N) is 1. The maximum absolute atomic E-state index is 12.4. The standard InChI is InChI=1S/C19H20N2O5/c1-11(2)24-9-15-13-6-4-5-7-17(13)26-18(15)19(23)25-10-16(22)14(8-20)12(3)21/h4-7,11,14,21H,9-10H2,1-3H3/t14-/m0/s1. The topological polar surface area (TPSA) is 113 Å². The lowest BCUT2D eigenvalue weighted by Crippen LogP contribution is -2.25. The van der Waals surface area contributed by atoms with Crippen LogP contribution in [0.25, 0.3) is 11.0 Å². The molecule has 2 aromatic rings. The molecule has 0 fully saturated rings. The molecule has 0 bridgehead atoms. The van der Waals surface area contributed by atoms with Gasteiger partial charge in [0.25, 0.3) is 0 Å². The van der Waals surface area contributed by atoms with E-state index in [1.807, 2.05) is 26.0 Å². The molecule has 136 valence electrons. The highest BCUT2D eigenvalue weighted by Gasteiger charge is 2.25. The second-order valence-electron chi connectivity index (χ2n) is 6.05. The number of ether oxygens (including phenoxy) is 2. The molecule has 0 saturated heterocycles. The summed E-state index contributed by atoms with van der Waals surface area (Å²) in [6, 6.07) is 8.85. The summed E-state index contributed by atoms with van der Waals surface area (Å²) in [6.07, 6.45) is -0.0407. The third kappa shape index (κ3) is 4.35. The van der Waals surface area contributed by atoms with Crippen molar-refractivity contribution in [2.24, 2.45) is 5.92 Å². The Morgan fingerprint density at radius 3 is 2.62 bits per heavy atom. The van der Waals surface area contributed by atoms with Crippen molar-refractivity contribution in [3.63, 3.8) is 0 Å². The van der Waals surface area contributed by atoms with E-state index in [-0.39, 0.29) is 24.2 Å². The fourth-order valence-electron chi connectivity index (χ4n) is 2.35. The van der Waals surface area contributed by atoms with Crippen LogP contribution in [0.5, 0.6) is 0 Å². The van der Waals surface area contributed by atoms with Gasteiger partial charge in [-0.1, -0.05) is 18.2 Å². The van der Waals surface area contributed by atoms with Crippen molar-refractivity contribution in [2.75, 3.05) is 6.61 Å². The minimum absolute atomic E-state index is 0.0280. The van der Waals surface area contributed by atoms with E-state index in [0.29, 0.717) is 11.1 Å². The molecule has 1 heterocycles. The zero-order valence-electron chi connectivity index (χ0n) is 14.9. The van der Waals surface area contributed by atoms with Gasteiger partial charge in [0.05, 0.1) is 18.8 Å². The molecule has 0 unspecified atom stereocenters. The van der Waals surface area contributed by atoms with Crippen LogP contribution in [0.3, 0.4) is 0 Å². The van der Waals surface area contributed by atoms with Gasteiger partial charge in [0, 0.05) is 16.7 Å². The first-order chi connectivity index (χ1) is 12.3. The molecule has 0 amide bonds. The average Bonchev–Trinajstić information content (AvgIpc) is 2.96. The minimum atomic E-state index is -1.22. The van der Waals surface area contributed by atoms with Gasteiger partial charge in [-0.05, 0) is 26.8 Å². The van der Waals surface area contributed by atoms with Crippen molar-refractivity contribution in [3.05, 3.63) is 35.6 Å². The molecule has 1 aromatic heterocycles. The summed E-state index contributed by atoms with van der Waals surface area (Å²) in [4.78, 5) is 24.3. The molecule has 0 saturated carbocycles. The summed E-state index contributed by atoms with van der Waals surface area (Å²) in [5.41, 5.74) is 0.966. The quantitative estimate of drug-likeness (QED) is 0.573. The van der Waals surface area contributed by atoms with Crippen LogP contribution in [0.15, 0.2) is 28.7 Å². The first-order valence-electron chi connectivity index (χ1n) is 8.11. The molecule has 7 nitrogen and oxygen atoms in total. The Morgan fingerprint density at radius 2 is 2.00 bits per heavy atom. The van der Waals surface area contributed by atoms with Gasteiger partial charge in [0.1, 0.15) is 11.5 Å². The Balaban J connectivity index is 2.21. The molecule has 0 aliphatic carbocycles. The van der Waals surface area contributed by atoms with Crippen molar-refractivity contribution in [1.29, 1.82) is 10.7 Å². The largest absolute Gasteiger partial charge is 0.452 e. The molecule has 0 spiro atoms. The summed E-state index contributed by atoms with van der Waals surface area (Å²) in [5.74, 6) is -2.71. The number of rotatable bonds is 8. The Kier molecular flexibility index (Phi) is 6.26. The van der Waals surface area contributed by atoms with Crippen LogP contribution in [0, 0.1) is 22.7 Å². The first-order valence-corrected chi connectivity index (χ1v) is 8.11. The number of hydrogen-bond donors (Lipinski definition) is 1. The third-order valence-electron chi connectivity index (χ3n) is 3.67. The van der Waals surface area contributed by atoms with E-state index in [9.17, 15) is 9.59 Å². The van der Waals surface area contributed by atoms with Crippen LogP contribution in [0.2, 0.25) is 0 Å². The van der Waals surface area contributed by atoms with Crippen LogP contribution < -0.4 is 0 Å². The summed E-state index contributed by atoms with van der Waals surface area (Å²) < 4.78 is 16.2. The number of ketones is 1. The molecule has 1 N–H and O–H groups in total. The summed E-state index contributed by atoms with van der Waals surface area (Å²) >= 11 is 0. The molecule has 7 heteroatoms. The SMILES string of the molecule is CC(=N)[C@H](C#N)C(=O)COC(=O)c1oc2ccccc2c1COC(C)C. The van der Waals surface area contributed by atoms with Crippen molar-refractivity contribution in [1.82, 2.24) is 0 Å². The van der Waals surface area contributed by atoms with E-state index < -0.39 is 24.3 Å². The molecule has 1 atom stereocenters. The second-order valence-corrected chi connectivity index (χ2v) is 6.05. The van der Waals surface area contributed by atoms with Gasteiger partial charge in [-0.3, -0.25) is 4.79 Å². The average molecular weight is 356 g/mol. The number of nitrogens with one attached hydrogen (secondary N) is 1. The zero-order valence-corrected chi connectivity index (χ0v) is 14.9. The van der Waals surface area contributed by atoms with Gasteiger partial charge in [-0.25, -0.2) is 4.79 Å². The Morgan fingerprint density at radius 1 is 1.31 bits per heavy atom. The van der Waals surface area contributed by atoms with Crippen molar-refractivity contribution in [3.8, 4) is 6.07 Å². The summed E-state index contributed by atoms with van der Waals surface area (Å²) in [6.45, 7) is 4.66. The number of furan rings is 1. The lowest BCUT2D eigenvalue weighted by Gasteiger charge is -2.09. The minimum Gasteiger partial charge on any atom is -0.452 e. The zero-order chi connectivity index (χ0) is 19.3. The predicted molar refractivity (Wildman–Crippen MR) is 93.9 cm³/mol. The molecular formula is C19H20N2O5. The van der Waals surface area contributed by atoms with E-state index in [0.717, 1.165) is 5.39 Å². The second kappa shape index (κ2) is 8.41. The molecule has 0 aliphatic rings. The van der Waals surface area contributed by atoms with Crippen LogP contribution in [0.1, 0.15) is 36.9 Å². The van der Waals surface area contributed by atoms with E-state index >= 15 is 0 Å². The fourth-order valence-corrected chi connectivity index (χ4v) is 2.35. The highest BCUT2D eigenvalue weighted by atomic mass is 16.5. The van der Waals surface area contributed by atoms with Crippen LogP contribution in [-0.2, 0) is 20.9 Å². The number of carbonyl (C=O) groups excluding carboxylic acids is 2. The molecule has 2 rings (SSSR count). The number of nitriles is 1. The maximum Gasteiger partial charge on any atom is 0.375 e. The number of hydrogen-bond acceptors (Lipinski definition) is 7. The molecule has 1 aromatic carbocycles. The third-order valence-corrected chi connectivity index (χ3v) is 3.67. The van der Waals surface area contributed by atoms with Gasteiger partial charge < -0.3 is 19.3 Å². The van der Waals surface area contributed by atoms with E-state index in [1.54, 1.807) is 18.2 Å². The molecule has 0 aliphatic heterocycles. The van der Waals surface area contributed by atoms with Crippen LogP contribution in [0.4, 0.5) is 0 Å². The Labute approximate surface area is 151 Å². The highest BCUT2D eigenvalue weighted by Crippen LogP contribution is 2.27. The van der Waals surface area contributed by atoms with Crippen LogP contribution in [-0.4, -0.2) is 30.2 Å². The Bertz CT molecular complexity index is 876. The highest BCUT2D eigenvalue weighted by molar-refractivity contribution is 6.06. The monoisotopic (exact) mass is 356 g/mol. The van der Waals surface area contributed by atoms with Gasteiger partial charge in [0.15, 0.2) is 12.4 Å². The summed E-state index contributed by atoms with van der Waals surface area (Å²) in [5, 5.41) is 17.1. The number of fused-ring (bicyclic) bond motifs is 1. The summed E-state index contributed by atoms with van der Waals surface area (Å²) in [7, 11) is 0. The molecule has 0 radical (unpaired) electrons. The normalized spacial score (nSPS) is 12.0. The van der Waals surface area contributed by atoms with Crippen molar-refractivity contribution in [2.45, 2.75) is 33.5 Å². The first kappa shape index (κ1) is 19.3. The number of para-hydroxylation sites is 1. The van der Waals surface area contributed by atoms with E-state index in [4.69, 9.17) is 24.6 Å². The number of carbonyl (C=O) groups is 2. The smallest absolute Gasteiger partial charge is 0.375 e. The predicted octanol–water partition coefficient (Wildman–Crippen LogP) is 3.26. The molecule has 26 heavy (non-hydrogen) atoms. The molecular weight excluding hydrogens is 336 g/mol.